The smallest absolute Gasteiger partial charge is 0.411 e. The Morgan fingerprint density at radius 2 is 1.49 bits per heavy atom. The minimum Gasteiger partial charge on any atom is -0.464 e. The Morgan fingerprint density at radius 3 is 2.13 bits per heavy atom. The number of rotatable bonds is 11. The Balaban J connectivity index is 0.000000256. The molecule has 4 aliphatic rings. The van der Waals surface area contributed by atoms with Gasteiger partial charge in [0.05, 0.1) is 42.1 Å². The van der Waals surface area contributed by atoms with Gasteiger partial charge in [0.2, 0.25) is 0 Å². The van der Waals surface area contributed by atoms with Gasteiger partial charge in [0.1, 0.15) is 66.1 Å². The maximum Gasteiger partial charge on any atom is 0.411 e. The molecule has 2 saturated heterocycles. The van der Waals surface area contributed by atoms with E-state index in [1.54, 1.807) is 75.4 Å². The summed E-state index contributed by atoms with van der Waals surface area (Å²) in [6.45, 7) is 21.0. The molecule has 2 amide bonds. The average Bonchev–Trinajstić information content (AvgIpc) is 4.05. The highest BCUT2D eigenvalue weighted by Gasteiger charge is 2.61. The fourth-order valence-corrected chi connectivity index (χ4v) is 9.01. The van der Waals surface area contributed by atoms with E-state index in [0.29, 0.717) is 35.3 Å². The molecule has 10 atom stereocenters. The van der Waals surface area contributed by atoms with Crippen LogP contribution in [-0.2, 0) is 44.4 Å². The predicted octanol–water partition coefficient (Wildman–Crippen LogP) is 3.70. The van der Waals surface area contributed by atoms with Crippen LogP contribution in [0.4, 0.5) is 21.2 Å². The van der Waals surface area contributed by atoms with E-state index in [0.717, 1.165) is 16.8 Å². The summed E-state index contributed by atoms with van der Waals surface area (Å²) in [6, 6.07) is -3.25. The lowest BCUT2D eigenvalue weighted by Gasteiger charge is -2.35. The number of aliphatic hydroxyl groups is 2. The number of nitrogens with one attached hydrogen (secondary N) is 2. The monoisotopic (exact) mass is 967 g/mol. The maximum atomic E-state index is 13.8. The van der Waals surface area contributed by atoms with E-state index in [1.165, 1.54) is 17.6 Å². The van der Waals surface area contributed by atoms with Crippen LogP contribution in [0.3, 0.4) is 0 Å². The summed E-state index contributed by atoms with van der Waals surface area (Å²) in [6.07, 6.45) is 2.84. The molecule has 3 aromatic rings. The van der Waals surface area contributed by atoms with Gasteiger partial charge in [0.15, 0.2) is 11.6 Å². The van der Waals surface area contributed by atoms with Gasteiger partial charge >= 0.3 is 24.1 Å². The van der Waals surface area contributed by atoms with Gasteiger partial charge in [0.25, 0.3) is 0 Å². The minimum atomic E-state index is -0.997. The number of alkyl carbamates (subject to hydrolysis) is 1. The number of aromatic amines is 1. The minimum absolute atomic E-state index is 0.0278. The summed E-state index contributed by atoms with van der Waals surface area (Å²) in [5.74, 6) is -2.47. The van der Waals surface area contributed by atoms with Crippen LogP contribution in [-0.4, -0.2) is 137 Å². The second-order valence-electron chi connectivity index (χ2n) is 21.1. The predicted molar refractivity (Wildman–Crippen MR) is 251 cm³/mol. The summed E-state index contributed by atoms with van der Waals surface area (Å²) in [5.41, 5.74) is 20.3. The van der Waals surface area contributed by atoms with E-state index in [9.17, 15) is 29.4 Å². The molecule has 0 spiro atoms. The van der Waals surface area contributed by atoms with Crippen molar-refractivity contribution >= 4 is 52.4 Å². The molecule has 0 radical (unpaired) electrons. The third-order valence-corrected chi connectivity index (χ3v) is 12.4. The number of hydrogen-bond acceptors (Lipinski definition) is 19. The molecular weight excluding hydrogens is 897 g/mol. The van der Waals surface area contributed by atoms with E-state index >= 15 is 0 Å². The van der Waals surface area contributed by atoms with Crippen LogP contribution in [0.5, 0.6) is 0 Å². The molecule has 5 heterocycles. The average molecular weight is 967 g/mol. The van der Waals surface area contributed by atoms with Gasteiger partial charge in [-0.25, -0.2) is 34.3 Å². The Labute approximate surface area is 401 Å². The van der Waals surface area contributed by atoms with Crippen LogP contribution in [0.15, 0.2) is 24.9 Å². The highest BCUT2D eigenvalue weighted by atomic mass is 16.8. The van der Waals surface area contributed by atoms with Crippen molar-refractivity contribution in [3.8, 4) is 0 Å². The molecule has 2 aliphatic heterocycles. The van der Waals surface area contributed by atoms with Gasteiger partial charge in [-0.2, -0.15) is 0 Å². The lowest BCUT2D eigenvalue weighted by Crippen LogP contribution is -2.50. The Bertz CT molecular complexity index is 2390. The quantitative estimate of drug-likeness (QED) is 0.106. The zero-order valence-electron chi connectivity index (χ0n) is 41.5. The number of nitrogens with zero attached hydrogens (tertiary/aromatic N) is 5. The topological polar surface area (TPSA) is 325 Å². The van der Waals surface area contributed by atoms with E-state index in [1.807, 2.05) is 19.9 Å². The van der Waals surface area contributed by atoms with E-state index in [4.69, 9.17) is 45.6 Å². The van der Waals surface area contributed by atoms with Gasteiger partial charge in [0, 0.05) is 29.2 Å². The Morgan fingerprint density at radius 1 is 0.870 bits per heavy atom. The number of fused-ring (bicyclic) bond motifs is 3. The van der Waals surface area contributed by atoms with Crippen molar-refractivity contribution in [2.45, 2.75) is 161 Å². The largest absolute Gasteiger partial charge is 0.464 e. The molecule has 22 heteroatoms. The van der Waals surface area contributed by atoms with Crippen molar-refractivity contribution in [3.63, 3.8) is 0 Å². The molecule has 69 heavy (non-hydrogen) atoms. The number of allylic oxidation sites excluding steroid dienone is 1. The summed E-state index contributed by atoms with van der Waals surface area (Å²) >= 11 is 0. The van der Waals surface area contributed by atoms with Gasteiger partial charge in [-0.1, -0.05) is 33.8 Å². The molecule has 7 rings (SSSR count). The Kier molecular flexibility index (Phi) is 15.5. The number of carbonyl (C=O) groups excluding carboxylic acids is 4. The first-order valence-corrected chi connectivity index (χ1v) is 23.3. The van der Waals surface area contributed by atoms with Gasteiger partial charge in [-0.05, 0) is 85.6 Å². The second-order valence-corrected chi connectivity index (χ2v) is 21.1. The van der Waals surface area contributed by atoms with Crippen LogP contribution in [0.1, 0.15) is 112 Å². The van der Waals surface area contributed by atoms with Crippen molar-refractivity contribution in [1.29, 1.82) is 0 Å². The summed E-state index contributed by atoms with van der Waals surface area (Å²) in [7, 11) is 0. The number of amides is 2. The van der Waals surface area contributed by atoms with E-state index < -0.39 is 89.7 Å². The third kappa shape index (κ3) is 11.9. The standard InChI is InChI=1S/C29H44N6O8.C18H26N4O4/c1-14(2)17(34-25(37)42-27(3,4)5)24(36)39-12-16-21-22(41-29(9,10)40-21)20(35(16)26(38)43-28(6,7)8)15-11-31-19-18(15)32-13-33-23(19)30;1-8(2)13(19)18(25)26-6-9-5-12(16(24)15(9)23)10-3-4-11-14(10)21-7-22-17(11)20/h11,13-14,16-17,20-22,31H,12H2,1-10H3,(H,34,37)(H2,30,32,33);3,7-9,12-13,15-16,23-24H,4-6,19H2,1-2H3,(H2,20,21,22)/t16-,17+,20+,21-,22+;9-,12+,13+,15-,16+/m11/s1. The molecule has 0 aromatic carbocycles. The van der Waals surface area contributed by atoms with E-state index in [2.05, 4.69) is 30.2 Å². The zero-order chi connectivity index (χ0) is 51.1. The number of ether oxygens (including phenoxy) is 6. The number of nitrogen functional groups attached to an aromatic ring is 2. The normalized spacial score (nSPS) is 25.9. The first kappa shape index (κ1) is 52.7. The van der Waals surface area contributed by atoms with Gasteiger partial charge < -0.3 is 66.1 Å². The van der Waals surface area contributed by atoms with Gasteiger partial charge in [-0.3, -0.25) is 9.69 Å². The van der Waals surface area contributed by atoms with Crippen LogP contribution in [0, 0.1) is 23.7 Å². The molecule has 3 fully saturated rings. The first-order valence-electron chi connectivity index (χ1n) is 23.3. The van der Waals surface area contributed by atoms with Crippen LogP contribution in [0.2, 0.25) is 0 Å². The highest BCUT2D eigenvalue weighted by molar-refractivity contribution is 5.88. The lowest BCUT2D eigenvalue weighted by atomic mass is 9.93. The third-order valence-electron chi connectivity index (χ3n) is 12.4. The molecule has 1 saturated carbocycles. The first-order chi connectivity index (χ1) is 32.1. The number of likely N-dealkylation sites (tertiary alicyclic amines) is 1. The van der Waals surface area contributed by atoms with Gasteiger partial charge in [-0.15, -0.1) is 0 Å². The molecule has 0 bridgehead atoms. The Hall–Kier alpha value is -5.68. The zero-order valence-corrected chi connectivity index (χ0v) is 41.5. The molecular formula is C47H70N10O12. The molecule has 3 aromatic heterocycles. The molecule has 10 N–H and O–H groups in total. The number of hydrogen-bond donors (Lipinski definition) is 7. The summed E-state index contributed by atoms with van der Waals surface area (Å²) in [5, 5.41) is 23.5. The maximum absolute atomic E-state index is 13.8. The SMILES string of the molecule is CC(C)[C@H](N)C(=O)OC[C@H]1C[C@@H](C2=CCc3c(N)ncnc32)[C@H](O)[C@@H]1O.CC(C)[C@H](NC(=O)OC(C)(C)C)C(=O)OC[C@@H]1[C@H]2OC(C)(C)O[C@H]2[C@H](c2c[nH]c3c(N)ncnc23)N1C(=O)OC(C)(C)C. The number of nitrogens with two attached hydrogens (primary N) is 3. The number of aliphatic hydroxyl groups excluding tert-OH is 2. The van der Waals surface area contributed by atoms with Crippen molar-refractivity contribution in [3.05, 3.63) is 41.7 Å². The number of anilines is 2. The van der Waals surface area contributed by atoms with Crippen molar-refractivity contribution < 1.29 is 57.8 Å². The van der Waals surface area contributed by atoms with Crippen molar-refractivity contribution in [2.24, 2.45) is 29.4 Å². The van der Waals surface area contributed by atoms with E-state index in [-0.39, 0.29) is 42.7 Å². The van der Waals surface area contributed by atoms with Crippen LogP contribution < -0.4 is 22.5 Å². The lowest BCUT2D eigenvalue weighted by molar-refractivity contribution is -0.172. The fraction of sp³-hybridized carbons (Fsp3) is 0.660. The fourth-order valence-electron chi connectivity index (χ4n) is 9.01. The molecule has 380 valence electrons. The second kappa shape index (κ2) is 20.3. The number of aromatic nitrogens is 5. The number of H-pyrrole nitrogens is 1. The van der Waals surface area contributed by atoms with Crippen molar-refractivity contribution in [2.75, 3.05) is 24.7 Å². The molecule has 2 aliphatic carbocycles. The van der Waals surface area contributed by atoms with Crippen LogP contribution in [0.25, 0.3) is 16.6 Å². The molecule has 0 unspecified atom stereocenters. The summed E-state index contributed by atoms with van der Waals surface area (Å²) < 4.78 is 34.9. The number of carbonyl (C=O) groups is 4. The van der Waals surface area contributed by atoms with Crippen molar-refractivity contribution in [1.82, 2.24) is 35.1 Å². The highest BCUT2D eigenvalue weighted by Crippen LogP contribution is 2.49. The molecule has 22 nitrogen and oxygen atoms in total. The van der Waals surface area contributed by atoms with Crippen LogP contribution >= 0.6 is 0 Å². The summed E-state index contributed by atoms with van der Waals surface area (Å²) in [4.78, 5) is 73.0. The number of esters is 2.